The van der Waals surface area contributed by atoms with Crippen LogP contribution in [0.2, 0.25) is 0 Å². The smallest absolute Gasteiger partial charge is 0.322 e. The Morgan fingerprint density at radius 2 is 1.63 bits per heavy atom. The molecule has 1 amide bonds. The Bertz CT molecular complexity index is 256. The maximum Gasteiger partial charge on any atom is 0.322 e. The lowest BCUT2D eigenvalue weighted by atomic mass is 10.1. The molecule has 0 spiro atoms. The number of aliphatic hydroxyl groups excluding tert-OH is 1. The van der Waals surface area contributed by atoms with Gasteiger partial charge in [0, 0.05) is 6.42 Å². The summed E-state index contributed by atoms with van der Waals surface area (Å²) >= 11 is 0. The topological polar surface area (TPSA) is 86.6 Å². The standard InChI is InChI=1S/C14H27NO4/c1-2-12(16)9-7-5-3-4-6-8-10-13(17)15-11-14(18)19/h12,16H,2-11H2,1H3,(H,15,17)(H,18,19). The first-order chi connectivity index (χ1) is 9.06. The Balaban J connectivity index is 3.22. The number of carbonyl (C=O) groups is 2. The first-order valence-electron chi connectivity index (χ1n) is 7.22. The van der Waals surface area contributed by atoms with Crippen LogP contribution < -0.4 is 5.32 Å². The molecule has 1 atom stereocenters. The first-order valence-corrected chi connectivity index (χ1v) is 7.22. The molecule has 0 fully saturated rings. The molecule has 112 valence electrons. The van der Waals surface area contributed by atoms with Crippen LogP contribution in [-0.4, -0.2) is 34.7 Å². The normalized spacial score (nSPS) is 12.1. The van der Waals surface area contributed by atoms with E-state index in [-0.39, 0.29) is 18.6 Å². The third-order valence-electron chi connectivity index (χ3n) is 3.10. The van der Waals surface area contributed by atoms with Gasteiger partial charge in [0.15, 0.2) is 0 Å². The van der Waals surface area contributed by atoms with Gasteiger partial charge < -0.3 is 15.5 Å². The Kier molecular flexibility index (Phi) is 11.3. The number of aliphatic hydroxyl groups is 1. The zero-order valence-corrected chi connectivity index (χ0v) is 11.9. The SMILES string of the molecule is CCC(O)CCCCCCCCC(=O)NCC(=O)O. The highest BCUT2D eigenvalue weighted by atomic mass is 16.4. The maximum absolute atomic E-state index is 11.2. The van der Waals surface area contributed by atoms with Gasteiger partial charge in [-0.2, -0.15) is 0 Å². The highest BCUT2D eigenvalue weighted by Gasteiger charge is 2.03. The molecule has 0 radical (unpaired) electrons. The molecule has 19 heavy (non-hydrogen) atoms. The first kappa shape index (κ1) is 17.9. The third kappa shape index (κ3) is 13.1. The van der Waals surface area contributed by atoms with Crippen molar-refractivity contribution in [2.45, 2.75) is 70.8 Å². The molecule has 5 nitrogen and oxygen atoms in total. The Morgan fingerprint density at radius 3 is 2.21 bits per heavy atom. The molecule has 0 aromatic rings. The predicted octanol–water partition coefficient (Wildman–Crippen LogP) is 2.08. The van der Waals surface area contributed by atoms with Crippen molar-refractivity contribution in [3.8, 4) is 0 Å². The van der Waals surface area contributed by atoms with Crippen LogP contribution in [0.5, 0.6) is 0 Å². The van der Waals surface area contributed by atoms with Crippen molar-refractivity contribution < 1.29 is 19.8 Å². The van der Waals surface area contributed by atoms with Crippen molar-refractivity contribution in [3.63, 3.8) is 0 Å². The number of unbranched alkanes of at least 4 members (excludes halogenated alkanes) is 5. The van der Waals surface area contributed by atoms with Crippen LogP contribution in [0, 0.1) is 0 Å². The van der Waals surface area contributed by atoms with Gasteiger partial charge in [-0.1, -0.05) is 39.0 Å². The molecule has 0 aliphatic heterocycles. The van der Waals surface area contributed by atoms with Gasteiger partial charge in [0.25, 0.3) is 0 Å². The summed E-state index contributed by atoms with van der Waals surface area (Å²) in [4.78, 5) is 21.4. The van der Waals surface area contributed by atoms with E-state index in [1.807, 2.05) is 6.92 Å². The lowest BCUT2D eigenvalue weighted by Gasteiger charge is -2.06. The number of carbonyl (C=O) groups excluding carboxylic acids is 1. The van der Waals surface area contributed by atoms with Gasteiger partial charge in [0.2, 0.25) is 5.91 Å². The van der Waals surface area contributed by atoms with Crippen molar-refractivity contribution in [1.82, 2.24) is 5.32 Å². The van der Waals surface area contributed by atoms with Crippen LogP contribution in [0.1, 0.15) is 64.7 Å². The van der Waals surface area contributed by atoms with Gasteiger partial charge in [-0.05, 0) is 19.3 Å². The van der Waals surface area contributed by atoms with E-state index in [0.29, 0.717) is 6.42 Å². The fourth-order valence-electron chi connectivity index (χ4n) is 1.84. The Labute approximate surface area is 115 Å². The van der Waals surface area contributed by atoms with Crippen LogP contribution in [0.25, 0.3) is 0 Å². The number of nitrogens with one attached hydrogen (secondary N) is 1. The number of aliphatic carboxylic acids is 1. The summed E-state index contributed by atoms with van der Waals surface area (Å²) in [6.45, 7) is 1.69. The second-order valence-electron chi connectivity index (χ2n) is 4.89. The third-order valence-corrected chi connectivity index (χ3v) is 3.10. The molecule has 3 N–H and O–H groups in total. The zero-order valence-electron chi connectivity index (χ0n) is 11.9. The highest BCUT2D eigenvalue weighted by molar-refractivity contribution is 5.80. The molecule has 0 aliphatic carbocycles. The van der Waals surface area contributed by atoms with Crippen molar-refractivity contribution in [1.29, 1.82) is 0 Å². The van der Waals surface area contributed by atoms with Crippen LogP contribution in [-0.2, 0) is 9.59 Å². The average molecular weight is 273 g/mol. The van der Waals surface area contributed by atoms with E-state index in [1.54, 1.807) is 0 Å². The van der Waals surface area contributed by atoms with Crippen LogP contribution >= 0.6 is 0 Å². The summed E-state index contributed by atoms with van der Waals surface area (Å²) < 4.78 is 0. The molecular weight excluding hydrogens is 246 g/mol. The zero-order chi connectivity index (χ0) is 14.5. The van der Waals surface area contributed by atoms with E-state index in [4.69, 9.17) is 5.11 Å². The number of carboxylic acids is 1. The van der Waals surface area contributed by atoms with Gasteiger partial charge in [-0.15, -0.1) is 0 Å². The molecule has 0 saturated heterocycles. The Hall–Kier alpha value is -1.10. The van der Waals surface area contributed by atoms with Crippen LogP contribution in [0.4, 0.5) is 0 Å². The molecular formula is C14H27NO4. The number of amides is 1. The molecule has 5 heteroatoms. The van der Waals surface area contributed by atoms with Gasteiger partial charge in [-0.25, -0.2) is 0 Å². The summed E-state index contributed by atoms with van der Waals surface area (Å²) in [6.07, 6.45) is 8.18. The summed E-state index contributed by atoms with van der Waals surface area (Å²) in [5.74, 6) is -1.20. The second-order valence-corrected chi connectivity index (χ2v) is 4.89. The van der Waals surface area contributed by atoms with Crippen molar-refractivity contribution in [3.05, 3.63) is 0 Å². The molecule has 0 aromatic carbocycles. The largest absolute Gasteiger partial charge is 0.480 e. The second kappa shape index (κ2) is 12.0. The summed E-state index contributed by atoms with van der Waals surface area (Å²) in [7, 11) is 0. The average Bonchev–Trinajstić information content (AvgIpc) is 2.38. The number of rotatable bonds is 12. The fraction of sp³-hybridized carbons (Fsp3) is 0.857. The van der Waals surface area contributed by atoms with Crippen molar-refractivity contribution in [2.24, 2.45) is 0 Å². The lowest BCUT2D eigenvalue weighted by molar-refractivity contribution is -0.137. The summed E-state index contributed by atoms with van der Waals surface area (Å²) in [6, 6.07) is 0. The van der Waals surface area contributed by atoms with Gasteiger partial charge in [0.1, 0.15) is 6.54 Å². The quantitative estimate of drug-likeness (QED) is 0.475. The molecule has 0 bridgehead atoms. The van der Waals surface area contributed by atoms with Gasteiger partial charge in [-0.3, -0.25) is 9.59 Å². The van der Waals surface area contributed by atoms with E-state index in [2.05, 4.69) is 5.32 Å². The van der Waals surface area contributed by atoms with E-state index < -0.39 is 5.97 Å². The van der Waals surface area contributed by atoms with Gasteiger partial charge in [0.05, 0.1) is 6.10 Å². The van der Waals surface area contributed by atoms with E-state index >= 15 is 0 Å². The molecule has 0 aromatic heterocycles. The van der Waals surface area contributed by atoms with Crippen LogP contribution in [0.15, 0.2) is 0 Å². The van der Waals surface area contributed by atoms with Crippen molar-refractivity contribution >= 4 is 11.9 Å². The molecule has 0 aliphatic rings. The minimum atomic E-state index is -1.01. The molecule has 0 heterocycles. The van der Waals surface area contributed by atoms with Gasteiger partial charge >= 0.3 is 5.97 Å². The minimum absolute atomic E-state index is 0.155. The maximum atomic E-state index is 11.2. The number of hydrogen-bond acceptors (Lipinski definition) is 3. The van der Waals surface area contributed by atoms with Crippen molar-refractivity contribution in [2.75, 3.05) is 6.54 Å². The fourth-order valence-corrected chi connectivity index (χ4v) is 1.84. The minimum Gasteiger partial charge on any atom is -0.480 e. The Morgan fingerprint density at radius 1 is 1.05 bits per heavy atom. The monoisotopic (exact) mass is 273 g/mol. The highest BCUT2D eigenvalue weighted by Crippen LogP contribution is 2.10. The van der Waals surface area contributed by atoms with Crippen LogP contribution in [0.3, 0.4) is 0 Å². The molecule has 0 saturated carbocycles. The molecule has 1 unspecified atom stereocenters. The van der Waals surface area contributed by atoms with E-state index in [9.17, 15) is 14.7 Å². The lowest BCUT2D eigenvalue weighted by Crippen LogP contribution is -2.28. The summed E-state index contributed by atoms with van der Waals surface area (Å²) in [5, 5.41) is 20.1. The molecule has 0 rings (SSSR count). The summed E-state index contributed by atoms with van der Waals surface area (Å²) in [5.41, 5.74) is 0. The predicted molar refractivity (Wildman–Crippen MR) is 73.9 cm³/mol. The van der Waals surface area contributed by atoms with E-state index in [0.717, 1.165) is 51.4 Å². The number of hydrogen-bond donors (Lipinski definition) is 3. The van der Waals surface area contributed by atoms with E-state index in [1.165, 1.54) is 0 Å². The number of carboxylic acid groups (broad SMARTS) is 1.